The van der Waals surface area contributed by atoms with Gasteiger partial charge in [-0.05, 0) is 41.0 Å². The lowest BCUT2D eigenvalue weighted by Gasteiger charge is -2.30. The van der Waals surface area contributed by atoms with E-state index in [1.807, 2.05) is 0 Å². The largest absolute Gasteiger partial charge is 0.270 e. The van der Waals surface area contributed by atoms with Crippen molar-refractivity contribution in [2.24, 2.45) is 0 Å². The predicted octanol–water partition coefficient (Wildman–Crippen LogP) is 0.595. The topological polar surface area (TPSA) is 81.0 Å². The molecule has 1 aliphatic heterocycles. The molecule has 1 aromatic carbocycles. The Kier molecular flexibility index (Phi) is 3.58. The van der Waals surface area contributed by atoms with Gasteiger partial charge < -0.3 is 0 Å². The molecule has 2 heterocycles. The van der Waals surface area contributed by atoms with Crippen LogP contribution in [-0.2, 0) is 23.0 Å². The number of hydrogen-bond acceptors (Lipinski definition) is 5. The minimum atomic E-state index is -3.54. The molecule has 3 rings (SSSR count). The number of aromatic nitrogens is 4. The number of rotatable bonds is 4. The van der Waals surface area contributed by atoms with Gasteiger partial charge in [0.25, 0.3) is 0 Å². The minimum Gasteiger partial charge on any atom is -0.270 e. The molecule has 0 fully saturated rings. The van der Waals surface area contributed by atoms with Gasteiger partial charge in [0, 0.05) is 6.54 Å². The van der Waals surface area contributed by atoms with Crippen LogP contribution in [0.4, 0.5) is 10.1 Å². The summed E-state index contributed by atoms with van der Waals surface area (Å²) in [5.41, 5.74) is 1.30. The number of sulfonamides is 1. The summed E-state index contributed by atoms with van der Waals surface area (Å²) in [7, 11) is -3.54. The van der Waals surface area contributed by atoms with Gasteiger partial charge in [0.05, 0.1) is 18.0 Å². The lowest BCUT2D eigenvalue weighted by molar-refractivity contribution is 0.567. The van der Waals surface area contributed by atoms with Crippen molar-refractivity contribution >= 4 is 15.7 Å². The van der Waals surface area contributed by atoms with E-state index in [9.17, 15) is 12.8 Å². The maximum absolute atomic E-state index is 13.4. The molecule has 0 saturated heterocycles. The fraction of sp³-hybridized carbons (Fsp3) is 0.417. The molecular formula is C12H14FN5O2S. The summed E-state index contributed by atoms with van der Waals surface area (Å²) in [6.45, 7) is 0.533. The van der Waals surface area contributed by atoms with Crippen LogP contribution in [0.15, 0.2) is 24.5 Å². The Bertz CT molecular complexity index is 732. The Morgan fingerprint density at radius 2 is 2.19 bits per heavy atom. The Balaban J connectivity index is 1.85. The summed E-state index contributed by atoms with van der Waals surface area (Å²) in [4.78, 5) is 0. The molecule has 0 saturated carbocycles. The molecule has 0 radical (unpaired) electrons. The zero-order valence-corrected chi connectivity index (χ0v) is 12.0. The maximum atomic E-state index is 13.4. The predicted molar refractivity (Wildman–Crippen MR) is 73.7 cm³/mol. The standard InChI is InChI=1S/C12H14FN5O2S/c13-11-4-3-10-2-1-5-18(12(10)8-11)21(19,20)7-6-17-9-14-15-16-17/h3-4,8-9H,1-2,5-7H2. The SMILES string of the molecule is O=S(=O)(CCn1cnnn1)N1CCCc2ccc(F)cc21. The highest BCUT2D eigenvalue weighted by molar-refractivity contribution is 7.92. The van der Waals surface area contributed by atoms with Gasteiger partial charge in [-0.3, -0.25) is 4.31 Å². The molecule has 21 heavy (non-hydrogen) atoms. The van der Waals surface area contributed by atoms with Gasteiger partial charge >= 0.3 is 0 Å². The van der Waals surface area contributed by atoms with E-state index in [4.69, 9.17) is 0 Å². The zero-order chi connectivity index (χ0) is 14.9. The van der Waals surface area contributed by atoms with Crippen molar-refractivity contribution in [1.29, 1.82) is 0 Å². The highest BCUT2D eigenvalue weighted by Crippen LogP contribution is 2.30. The molecule has 112 valence electrons. The van der Waals surface area contributed by atoms with E-state index in [-0.39, 0.29) is 12.3 Å². The summed E-state index contributed by atoms with van der Waals surface area (Å²) in [6.07, 6.45) is 2.84. The first-order valence-corrected chi connectivity index (χ1v) is 8.17. The molecule has 0 unspecified atom stereocenters. The third-order valence-electron chi connectivity index (χ3n) is 3.43. The molecule has 1 aliphatic rings. The van der Waals surface area contributed by atoms with E-state index < -0.39 is 15.8 Å². The van der Waals surface area contributed by atoms with Crippen LogP contribution >= 0.6 is 0 Å². The van der Waals surface area contributed by atoms with Crippen LogP contribution in [-0.4, -0.2) is 40.9 Å². The number of fused-ring (bicyclic) bond motifs is 1. The quantitative estimate of drug-likeness (QED) is 0.826. The van der Waals surface area contributed by atoms with Crippen LogP contribution in [0.5, 0.6) is 0 Å². The second-order valence-electron chi connectivity index (χ2n) is 4.84. The molecule has 0 atom stereocenters. The van der Waals surface area contributed by atoms with Crippen LogP contribution in [0, 0.1) is 5.82 Å². The van der Waals surface area contributed by atoms with Crippen LogP contribution in [0.2, 0.25) is 0 Å². The molecule has 0 amide bonds. The molecule has 7 nitrogen and oxygen atoms in total. The van der Waals surface area contributed by atoms with E-state index in [0.29, 0.717) is 12.2 Å². The van der Waals surface area contributed by atoms with Crippen molar-refractivity contribution in [3.63, 3.8) is 0 Å². The number of anilines is 1. The molecular weight excluding hydrogens is 297 g/mol. The van der Waals surface area contributed by atoms with E-state index in [2.05, 4.69) is 15.5 Å². The fourth-order valence-electron chi connectivity index (χ4n) is 2.40. The van der Waals surface area contributed by atoms with Gasteiger partial charge in [-0.2, -0.15) is 0 Å². The molecule has 1 aromatic heterocycles. The lowest BCUT2D eigenvalue weighted by atomic mass is 10.0. The van der Waals surface area contributed by atoms with Gasteiger partial charge in [-0.15, -0.1) is 5.10 Å². The van der Waals surface area contributed by atoms with E-state index in [1.54, 1.807) is 6.07 Å². The van der Waals surface area contributed by atoms with E-state index in [1.165, 1.54) is 27.4 Å². The average molecular weight is 311 g/mol. The third kappa shape index (κ3) is 2.87. The van der Waals surface area contributed by atoms with Crippen molar-refractivity contribution in [2.45, 2.75) is 19.4 Å². The smallest absolute Gasteiger partial charge is 0.236 e. The molecule has 0 N–H and O–H groups in total. The summed E-state index contributed by atoms with van der Waals surface area (Å²) < 4.78 is 41.0. The normalized spacial score (nSPS) is 15.0. The first-order valence-electron chi connectivity index (χ1n) is 6.56. The summed E-state index contributed by atoms with van der Waals surface area (Å²) in [6, 6.07) is 4.28. The highest BCUT2D eigenvalue weighted by Gasteiger charge is 2.27. The second-order valence-corrected chi connectivity index (χ2v) is 6.85. The van der Waals surface area contributed by atoms with Gasteiger partial charge in [0.15, 0.2) is 0 Å². The zero-order valence-electron chi connectivity index (χ0n) is 11.2. The minimum absolute atomic E-state index is 0.131. The van der Waals surface area contributed by atoms with E-state index >= 15 is 0 Å². The number of tetrazole rings is 1. The number of benzene rings is 1. The van der Waals surface area contributed by atoms with Crippen LogP contribution in [0.1, 0.15) is 12.0 Å². The molecule has 0 aliphatic carbocycles. The Morgan fingerprint density at radius 3 is 2.95 bits per heavy atom. The summed E-state index contributed by atoms with van der Waals surface area (Å²) in [5, 5.41) is 10.6. The molecule has 9 heteroatoms. The monoisotopic (exact) mass is 311 g/mol. The third-order valence-corrected chi connectivity index (χ3v) is 5.18. The Hall–Kier alpha value is -2.03. The van der Waals surface area contributed by atoms with Crippen molar-refractivity contribution < 1.29 is 12.8 Å². The fourth-order valence-corrected chi connectivity index (χ4v) is 3.92. The maximum Gasteiger partial charge on any atom is 0.236 e. The second kappa shape index (κ2) is 5.40. The van der Waals surface area contributed by atoms with Crippen LogP contribution < -0.4 is 4.31 Å². The van der Waals surface area contributed by atoms with Crippen molar-refractivity contribution in [2.75, 3.05) is 16.6 Å². The average Bonchev–Trinajstić information content (AvgIpc) is 2.98. The Morgan fingerprint density at radius 1 is 1.33 bits per heavy atom. The number of hydrogen-bond donors (Lipinski definition) is 0. The van der Waals surface area contributed by atoms with Gasteiger partial charge in [-0.1, -0.05) is 6.07 Å². The molecule has 2 aromatic rings. The molecule has 0 spiro atoms. The van der Waals surface area contributed by atoms with Crippen molar-refractivity contribution in [3.05, 3.63) is 35.9 Å². The van der Waals surface area contributed by atoms with Crippen LogP contribution in [0.25, 0.3) is 0 Å². The summed E-state index contributed by atoms with van der Waals surface area (Å²) >= 11 is 0. The number of aryl methyl sites for hydroxylation is 2. The van der Waals surface area contributed by atoms with Crippen molar-refractivity contribution in [1.82, 2.24) is 20.2 Å². The van der Waals surface area contributed by atoms with Gasteiger partial charge in [-0.25, -0.2) is 17.5 Å². The van der Waals surface area contributed by atoms with Crippen LogP contribution in [0.3, 0.4) is 0 Å². The highest BCUT2D eigenvalue weighted by atomic mass is 32.2. The lowest BCUT2D eigenvalue weighted by Crippen LogP contribution is -2.38. The molecule has 0 bridgehead atoms. The van der Waals surface area contributed by atoms with E-state index in [0.717, 1.165) is 18.4 Å². The number of halogens is 1. The van der Waals surface area contributed by atoms with Gasteiger partial charge in [0.2, 0.25) is 10.0 Å². The van der Waals surface area contributed by atoms with Crippen molar-refractivity contribution in [3.8, 4) is 0 Å². The number of nitrogens with zero attached hydrogens (tertiary/aromatic N) is 5. The first kappa shape index (κ1) is 13.9. The Labute approximate surface area is 121 Å². The summed E-state index contributed by atoms with van der Waals surface area (Å²) in [5.74, 6) is -0.565. The van der Waals surface area contributed by atoms with Gasteiger partial charge in [0.1, 0.15) is 12.1 Å². The first-order chi connectivity index (χ1) is 10.1.